The lowest BCUT2D eigenvalue weighted by Crippen LogP contribution is -2.40. The maximum Gasteiger partial charge on any atom is 0.254 e. The summed E-state index contributed by atoms with van der Waals surface area (Å²) in [7, 11) is 0. The fourth-order valence-corrected chi connectivity index (χ4v) is 3.78. The minimum atomic E-state index is -0.480. The summed E-state index contributed by atoms with van der Waals surface area (Å²) >= 11 is 0. The third-order valence-corrected chi connectivity index (χ3v) is 5.60. The Bertz CT molecular complexity index is 1060. The van der Waals surface area contributed by atoms with Gasteiger partial charge in [0.1, 0.15) is 11.6 Å². The van der Waals surface area contributed by atoms with Crippen molar-refractivity contribution >= 4 is 17.6 Å². The summed E-state index contributed by atoms with van der Waals surface area (Å²) in [6, 6.07) is 9.49. The topological polar surface area (TPSA) is 95.9 Å². The van der Waals surface area contributed by atoms with E-state index in [9.17, 15) is 9.59 Å². The summed E-state index contributed by atoms with van der Waals surface area (Å²) in [4.78, 5) is 34.9. The van der Waals surface area contributed by atoms with E-state index in [1.807, 2.05) is 60.7 Å². The second-order valence-electron chi connectivity index (χ2n) is 8.87. The van der Waals surface area contributed by atoms with Crippen LogP contribution in [0, 0.1) is 5.41 Å². The largest absolute Gasteiger partial charge is 0.345 e. The van der Waals surface area contributed by atoms with Gasteiger partial charge in [-0.1, -0.05) is 39.0 Å². The number of likely N-dealkylation sites (tertiary alicyclic amines) is 1. The van der Waals surface area contributed by atoms with Gasteiger partial charge in [0.2, 0.25) is 5.91 Å². The van der Waals surface area contributed by atoms with Gasteiger partial charge in [0, 0.05) is 42.5 Å². The number of piperidine rings is 1. The van der Waals surface area contributed by atoms with Gasteiger partial charge in [0.15, 0.2) is 0 Å². The summed E-state index contributed by atoms with van der Waals surface area (Å²) < 4.78 is 1.88. The van der Waals surface area contributed by atoms with E-state index in [0.717, 1.165) is 18.4 Å². The first-order valence-corrected chi connectivity index (χ1v) is 10.6. The first kappa shape index (κ1) is 20.8. The van der Waals surface area contributed by atoms with Crippen LogP contribution in [0.5, 0.6) is 0 Å². The molecule has 3 aromatic rings. The van der Waals surface area contributed by atoms with E-state index >= 15 is 0 Å². The van der Waals surface area contributed by atoms with Gasteiger partial charge in [-0.25, -0.2) is 9.67 Å². The van der Waals surface area contributed by atoms with Crippen LogP contribution in [0.2, 0.25) is 0 Å². The van der Waals surface area contributed by atoms with Crippen molar-refractivity contribution in [2.75, 3.05) is 18.4 Å². The number of anilines is 1. The van der Waals surface area contributed by atoms with E-state index in [-0.39, 0.29) is 17.9 Å². The molecule has 162 valence electrons. The zero-order chi connectivity index (χ0) is 22.0. The number of H-pyrrole nitrogens is 1. The Kier molecular flexibility index (Phi) is 5.63. The van der Waals surface area contributed by atoms with E-state index in [1.54, 1.807) is 18.6 Å². The predicted molar refractivity (Wildman–Crippen MR) is 119 cm³/mol. The fraction of sp³-hybridized carbons (Fsp3) is 0.391. The van der Waals surface area contributed by atoms with Crippen LogP contribution >= 0.6 is 0 Å². The van der Waals surface area contributed by atoms with Crippen molar-refractivity contribution in [1.82, 2.24) is 24.6 Å². The molecule has 4 rings (SSSR count). The first-order chi connectivity index (χ1) is 14.8. The molecular formula is C23H28N6O2. The summed E-state index contributed by atoms with van der Waals surface area (Å²) in [5.41, 5.74) is 0.971. The second kappa shape index (κ2) is 8.37. The smallest absolute Gasteiger partial charge is 0.254 e. The second-order valence-corrected chi connectivity index (χ2v) is 8.87. The van der Waals surface area contributed by atoms with Crippen LogP contribution in [0.1, 0.15) is 50.0 Å². The first-order valence-electron chi connectivity index (χ1n) is 10.6. The number of imidazole rings is 1. The summed E-state index contributed by atoms with van der Waals surface area (Å²) in [6.45, 7) is 6.90. The normalized spacial score (nSPS) is 15.1. The number of hydrogen-bond acceptors (Lipinski definition) is 4. The number of nitrogens with zero attached hydrogens (tertiary/aromatic N) is 4. The molecular weight excluding hydrogens is 392 g/mol. The number of hydrogen-bond donors (Lipinski definition) is 2. The Hall–Kier alpha value is -3.42. The lowest BCUT2D eigenvalue weighted by atomic mass is 9.96. The molecule has 3 heterocycles. The number of benzene rings is 1. The lowest BCUT2D eigenvalue weighted by molar-refractivity contribution is -0.123. The minimum Gasteiger partial charge on any atom is -0.345 e. The van der Waals surface area contributed by atoms with E-state index in [2.05, 4.69) is 20.4 Å². The summed E-state index contributed by atoms with van der Waals surface area (Å²) in [5.74, 6) is 1.35. The molecule has 1 aliphatic heterocycles. The molecule has 31 heavy (non-hydrogen) atoms. The van der Waals surface area contributed by atoms with Gasteiger partial charge in [0.05, 0.1) is 17.8 Å². The fourth-order valence-electron chi connectivity index (χ4n) is 3.78. The molecule has 2 N–H and O–H groups in total. The molecule has 2 aromatic heterocycles. The molecule has 8 nitrogen and oxygen atoms in total. The van der Waals surface area contributed by atoms with E-state index in [0.29, 0.717) is 30.3 Å². The molecule has 0 spiro atoms. The molecule has 0 radical (unpaired) electrons. The predicted octanol–water partition coefficient (Wildman–Crippen LogP) is 3.74. The SMILES string of the molecule is CC(C)(C)C(=O)Nc1ccnn1C1CCN(C(=O)c2ccccc2-c2ncc[nH]2)CC1. The van der Waals surface area contributed by atoms with E-state index in [1.165, 1.54) is 0 Å². The van der Waals surface area contributed by atoms with Gasteiger partial charge in [-0.2, -0.15) is 5.10 Å². The molecule has 1 fully saturated rings. The molecule has 0 saturated carbocycles. The van der Waals surface area contributed by atoms with Crippen molar-refractivity contribution in [3.05, 3.63) is 54.5 Å². The molecule has 0 aliphatic carbocycles. The van der Waals surface area contributed by atoms with Crippen LogP contribution in [-0.4, -0.2) is 49.6 Å². The third-order valence-electron chi connectivity index (χ3n) is 5.60. The van der Waals surface area contributed by atoms with Crippen molar-refractivity contribution in [2.45, 2.75) is 39.7 Å². The number of aromatic nitrogens is 4. The van der Waals surface area contributed by atoms with Crippen molar-refractivity contribution in [2.24, 2.45) is 5.41 Å². The van der Waals surface area contributed by atoms with Crippen LogP contribution in [0.3, 0.4) is 0 Å². The molecule has 1 aromatic carbocycles. The highest BCUT2D eigenvalue weighted by Gasteiger charge is 2.29. The lowest BCUT2D eigenvalue weighted by Gasteiger charge is -2.33. The summed E-state index contributed by atoms with van der Waals surface area (Å²) in [6.07, 6.45) is 6.68. The average Bonchev–Trinajstić information content (AvgIpc) is 3.45. The van der Waals surface area contributed by atoms with Crippen LogP contribution in [0.15, 0.2) is 48.9 Å². The Morgan fingerprint density at radius 3 is 2.52 bits per heavy atom. The van der Waals surface area contributed by atoms with Gasteiger partial charge < -0.3 is 15.2 Å². The highest BCUT2D eigenvalue weighted by atomic mass is 16.2. The molecule has 1 aliphatic rings. The van der Waals surface area contributed by atoms with Crippen LogP contribution in [0.25, 0.3) is 11.4 Å². The monoisotopic (exact) mass is 420 g/mol. The molecule has 0 bridgehead atoms. The Labute approximate surface area is 181 Å². The van der Waals surface area contributed by atoms with Gasteiger partial charge in [-0.3, -0.25) is 9.59 Å². The van der Waals surface area contributed by atoms with Crippen LogP contribution in [-0.2, 0) is 4.79 Å². The van der Waals surface area contributed by atoms with Crippen molar-refractivity contribution in [3.8, 4) is 11.4 Å². The molecule has 0 unspecified atom stereocenters. The van der Waals surface area contributed by atoms with E-state index in [4.69, 9.17) is 0 Å². The third kappa shape index (κ3) is 4.38. The van der Waals surface area contributed by atoms with Crippen molar-refractivity contribution in [1.29, 1.82) is 0 Å². The minimum absolute atomic E-state index is 0.00664. The van der Waals surface area contributed by atoms with Crippen molar-refractivity contribution in [3.63, 3.8) is 0 Å². The van der Waals surface area contributed by atoms with Gasteiger partial charge in [0.25, 0.3) is 5.91 Å². The van der Waals surface area contributed by atoms with Gasteiger partial charge in [-0.15, -0.1) is 0 Å². The maximum atomic E-state index is 13.2. The maximum absolute atomic E-state index is 13.2. The highest BCUT2D eigenvalue weighted by Crippen LogP contribution is 2.29. The van der Waals surface area contributed by atoms with Crippen LogP contribution in [0.4, 0.5) is 5.82 Å². The molecule has 8 heteroatoms. The van der Waals surface area contributed by atoms with Crippen LogP contribution < -0.4 is 5.32 Å². The quantitative estimate of drug-likeness (QED) is 0.672. The number of nitrogens with one attached hydrogen (secondary N) is 2. The number of carbonyl (C=O) groups excluding carboxylic acids is 2. The number of carbonyl (C=O) groups is 2. The number of amides is 2. The van der Waals surface area contributed by atoms with Crippen molar-refractivity contribution < 1.29 is 9.59 Å². The Balaban J connectivity index is 1.44. The molecule has 2 amide bonds. The Morgan fingerprint density at radius 1 is 1.10 bits per heavy atom. The highest BCUT2D eigenvalue weighted by molar-refractivity contribution is 6.00. The number of rotatable bonds is 4. The zero-order valence-corrected chi connectivity index (χ0v) is 18.1. The zero-order valence-electron chi connectivity index (χ0n) is 18.1. The van der Waals surface area contributed by atoms with E-state index < -0.39 is 5.41 Å². The molecule has 1 saturated heterocycles. The Morgan fingerprint density at radius 2 is 1.84 bits per heavy atom. The summed E-state index contributed by atoms with van der Waals surface area (Å²) in [5, 5.41) is 7.42. The molecule has 0 atom stereocenters. The standard InChI is InChI=1S/C23H28N6O2/c1-23(2,3)22(31)27-19-8-11-26-29(19)16-9-14-28(15-10-16)21(30)18-7-5-4-6-17(18)20-24-12-13-25-20/h4-8,11-13,16H,9-10,14-15H2,1-3H3,(H,24,25)(H,27,31). The number of aromatic amines is 1. The average molecular weight is 421 g/mol. The van der Waals surface area contributed by atoms with Gasteiger partial charge in [-0.05, 0) is 18.9 Å². The van der Waals surface area contributed by atoms with Gasteiger partial charge >= 0.3 is 0 Å².